The number of benzene rings is 1. The van der Waals surface area contributed by atoms with Gasteiger partial charge >= 0.3 is 0 Å². The quantitative estimate of drug-likeness (QED) is 0.333. The van der Waals surface area contributed by atoms with Gasteiger partial charge in [0.25, 0.3) is 0 Å². The van der Waals surface area contributed by atoms with Crippen molar-refractivity contribution >= 4 is 39.8 Å². The number of aromatic nitrogens is 1. The molecule has 0 saturated carbocycles. The van der Waals surface area contributed by atoms with Crippen molar-refractivity contribution in [3.63, 3.8) is 0 Å². The van der Waals surface area contributed by atoms with Gasteiger partial charge in [0.05, 0.1) is 17.0 Å². The van der Waals surface area contributed by atoms with Crippen LogP contribution in [0.25, 0.3) is 0 Å². The van der Waals surface area contributed by atoms with Crippen LogP contribution in [-0.4, -0.2) is 54.4 Å². The van der Waals surface area contributed by atoms with Crippen LogP contribution in [0.4, 0.5) is 0 Å². The van der Waals surface area contributed by atoms with Crippen LogP contribution < -0.4 is 10.1 Å². The molecule has 9 heteroatoms. The van der Waals surface area contributed by atoms with E-state index in [9.17, 15) is 8.42 Å². The van der Waals surface area contributed by atoms with Gasteiger partial charge in [-0.2, -0.15) is 0 Å². The molecule has 1 aromatic carbocycles. The van der Waals surface area contributed by atoms with Crippen molar-refractivity contribution in [2.24, 2.45) is 4.99 Å². The van der Waals surface area contributed by atoms with Crippen molar-refractivity contribution in [3.8, 4) is 5.88 Å². The lowest BCUT2D eigenvalue weighted by Gasteiger charge is -2.39. The molecule has 1 aliphatic rings. The highest BCUT2D eigenvalue weighted by molar-refractivity contribution is 14.0. The number of hydrogen-bond donors (Lipinski definition) is 1. The van der Waals surface area contributed by atoms with E-state index in [0.717, 1.165) is 17.1 Å². The second-order valence-electron chi connectivity index (χ2n) is 7.95. The van der Waals surface area contributed by atoms with Gasteiger partial charge in [-0.25, -0.2) is 18.4 Å². The van der Waals surface area contributed by atoms with Gasteiger partial charge in [0, 0.05) is 31.9 Å². The maximum Gasteiger partial charge on any atom is 0.213 e. The molecule has 7 nitrogen and oxygen atoms in total. The van der Waals surface area contributed by atoms with Gasteiger partial charge in [0.2, 0.25) is 5.88 Å². The summed E-state index contributed by atoms with van der Waals surface area (Å²) in [7, 11) is -3.09. The second kappa shape index (κ2) is 11.1. The number of nitrogens with zero attached hydrogens (tertiary/aromatic N) is 3. The molecule has 2 heterocycles. The van der Waals surface area contributed by atoms with E-state index in [2.05, 4.69) is 10.3 Å². The van der Waals surface area contributed by atoms with E-state index in [1.165, 1.54) is 0 Å². The van der Waals surface area contributed by atoms with Crippen molar-refractivity contribution in [1.82, 2.24) is 15.2 Å². The van der Waals surface area contributed by atoms with Crippen molar-refractivity contribution in [1.29, 1.82) is 0 Å². The Bertz CT molecular complexity index is 981. The molecule has 0 spiro atoms. The highest BCUT2D eigenvalue weighted by Crippen LogP contribution is 2.24. The third kappa shape index (κ3) is 6.80. The largest absolute Gasteiger partial charge is 0.473 e. The molecule has 1 aliphatic heterocycles. The predicted octanol–water partition coefficient (Wildman–Crippen LogP) is 3.25. The Morgan fingerprint density at radius 2 is 1.97 bits per heavy atom. The molecule has 0 amide bonds. The Labute approximate surface area is 202 Å². The topological polar surface area (TPSA) is 83.9 Å². The summed E-state index contributed by atoms with van der Waals surface area (Å²) >= 11 is 0. The van der Waals surface area contributed by atoms with Crippen LogP contribution in [0.3, 0.4) is 0 Å². The second-order valence-corrected chi connectivity index (χ2v) is 10.7. The van der Waals surface area contributed by atoms with E-state index in [-0.39, 0.29) is 29.7 Å². The Kier molecular flexibility index (Phi) is 9.11. The number of pyridine rings is 1. The molecule has 0 bridgehead atoms. The minimum absolute atomic E-state index is 0. The van der Waals surface area contributed by atoms with E-state index in [1.54, 1.807) is 20.0 Å². The van der Waals surface area contributed by atoms with Crippen molar-refractivity contribution in [2.75, 3.05) is 25.4 Å². The van der Waals surface area contributed by atoms with Crippen LogP contribution in [0.5, 0.6) is 5.88 Å². The fraction of sp³-hybridized carbons (Fsp3) is 0.455. The monoisotopic (exact) mass is 558 g/mol. The molecule has 2 aromatic rings. The normalized spacial score (nSPS) is 17.5. The van der Waals surface area contributed by atoms with Gasteiger partial charge in [-0.1, -0.05) is 30.3 Å². The number of aliphatic imine (C=N–C) groups is 1. The number of rotatable bonds is 6. The van der Waals surface area contributed by atoms with E-state index in [0.29, 0.717) is 38.7 Å². The van der Waals surface area contributed by atoms with Crippen LogP contribution in [0, 0.1) is 0 Å². The first kappa shape index (κ1) is 25.4. The standard InChI is InChI=1S/C22H30N4O3S.HI/c1-4-23-21(26-12-13-30(27,28)22(2,3)17-26)25-15-19-10-11-24-20(14-19)29-16-18-8-6-5-7-9-18;/h5-11,14H,4,12-13,15-17H2,1-3H3,(H,23,25);1H. The molecule has 0 aliphatic carbocycles. The molecule has 31 heavy (non-hydrogen) atoms. The summed E-state index contributed by atoms with van der Waals surface area (Å²) in [5, 5.41) is 3.28. The Morgan fingerprint density at radius 3 is 2.65 bits per heavy atom. The number of nitrogens with one attached hydrogen (secondary N) is 1. The zero-order valence-corrected chi connectivity index (χ0v) is 21.4. The lowest BCUT2D eigenvalue weighted by Crippen LogP contribution is -2.57. The SMILES string of the molecule is CCNC(=NCc1ccnc(OCc2ccccc2)c1)N1CCS(=O)(=O)C(C)(C)C1.I. The van der Waals surface area contributed by atoms with E-state index in [1.807, 2.05) is 54.3 Å². The maximum atomic E-state index is 12.3. The van der Waals surface area contributed by atoms with Crippen molar-refractivity contribution in [2.45, 2.75) is 38.7 Å². The number of sulfone groups is 1. The molecular weight excluding hydrogens is 527 g/mol. The van der Waals surface area contributed by atoms with Crippen LogP contribution in [-0.2, 0) is 23.0 Å². The van der Waals surface area contributed by atoms with Gasteiger partial charge in [0.15, 0.2) is 15.8 Å². The highest BCUT2D eigenvalue weighted by Gasteiger charge is 2.40. The fourth-order valence-electron chi connectivity index (χ4n) is 3.28. The number of ether oxygens (including phenoxy) is 1. The first-order valence-corrected chi connectivity index (χ1v) is 11.8. The number of guanidine groups is 1. The predicted molar refractivity (Wildman–Crippen MR) is 135 cm³/mol. The lowest BCUT2D eigenvalue weighted by molar-refractivity contribution is 0.293. The number of halogens is 1. The van der Waals surface area contributed by atoms with Crippen LogP contribution >= 0.6 is 24.0 Å². The first-order valence-electron chi connectivity index (χ1n) is 10.2. The summed E-state index contributed by atoms with van der Waals surface area (Å²) in [6.07, 6.45) is 1.72. The smallest absolute Gasteiger partial charge is 0.213 e. The summed E-state index contributed by atoms with van der Waals surface area (Å²) in [5.41, 5.74) is 2.06. The Hall–Kier alpha value is -1.88. The van der Waals surface area contributed by atoms with Gasteiger partial charge in [-0.15, -0.1) is 24.0 Å². The van der Waals surface area contributed by atoms with Gasteiger partial charge in [-0.3, -0.25) is 0 Å². The summed E-state index contributed by atoms with van der Waals surface area (Å²) in [6, 6.07) is 13.8. The van der Waals surface area contributed by atoms with Gasteiger partial charge < -0.3 is 15.0 Å². The van der Waals surface area contributed by atoms with E-state index >= 15 is 0 Å². The summed E-state index contributed by atoms with van der Waals surface area (Å²) in [6.45, 7) is 8.04. The number of hydrogen-bond acceptors (Lipinski definition) is 5. The molecule has 1 aromatic heterocycles. The molecule has 0 unspecified atom stereocenters. The highest BCUT2D eigenvalue weighted by atomic mass is 127. The first-order chi connectivity index (χ1) is 14.3. The Morgan fingerprint density at radius 1 is 1.23 bits per heavy atom. The molecule has 1 fully saturated rings. The fourth-order valence-corrected chi connectivity index (χ4v) is 4.64. The lowest BCUT2D eigenvalue weighted by atomic mass is 10.2. The third-order valence-electron chi connectivity index (χ3n) is 5.12. The van der Waals surface area contributed by atoms with Gasteiger partial charge in [0.1, 0.15) is 6.61 Å². The van der Waals surface area contributed by atoms with Crippen molar-refractivity contribution in [3.05, 3.63) is 59.8 Å². The molecular formula is C22H31IN4O3S. The van der Waals surface area contributed by atoms with Crippen molar-refractivity contribution < 1.29 is 13.2 Å². The summed E-state index contributed by atoms with van der Waals surface area (Å²) < 4.78 is 29.6. The van der Waals surface area contributed by atoms with Crippen LogP contribution in [0.2, 0.25) is 0 Å². The average molecular weight is 558 g/mol. The van der Waals surface area contributed by atoms with Crippen LogP contribution in [0.15, 0.2) is 53.7 Å². The zero-order chi connectivity index (χ0) is 21.6. The molecule has 1 N–H and O–H groups in total. The zero-order valence-electron chi connectivity index (χ0n) is 18.2. The van der Waals surface area contributed by atoms with Gasteiger partial charge in [-0.05, 0) is 38.0 Å². The molecule has 0 atom stereocenters. The van der Waals surface area contributed by atoms with E-state index in [4.69, 9.17) is 9.73 Å². The third-order valence-corrected chi connectivity index (χ3v) is 7.65. The molecule has 0 radical (unpaired) electrons. The average Bonchev–Trinajstić information content (AvgIpc) is 2.73. The maximum absolute atomic E-state index is 12.3. The van der Waals surface area contributed by atoms with E-state index < -0.39 is 14.6 Å². The minimum Gasteiger partial charge on any atom is -0.473 e. The van der Waals surface area contributed by atoms with Crippen LogP contribution in [0.1, 0.15) is 31.9 Å². The minimum atomic E-state index is -3.09. The summed E-state index contributed by atoms with van der Waals surface area (Å²) in [5.74, 6) is 1.42. The Balaban J connectivity index is 0.00000341. The molecule has 170 valence electrons. The molecule has 1 saturated heterocycles. The molecule has 3 rings (SSSR count). The summed E-state index contributed by atoms with van der Waals surface area (Å²) in [4.78, 5) is 11.0.